The Bertz CT molecular complexity index is 850. The summed E-state index contributed by atoms with van der Waals surface area (Å²) in [6.45, 7) is 1.62. The van der Waals surface area contributed by atoms with E-state index in [0.29, 0.717) is 18.4 Å². The first kappa shape index (κ1) is 19.2. The van der Waals surface area contributed by atoms with E-state index in [-0.39, 0.29) is 17.8 Å². The number of halogens is 1. The molecule has 4 nitrogen and oxygen atoms in total. The van der Waals surface area contributed by atoms with E-state index in [9.17, 15) is 14.2 Å². The Morgan fingerprint density at radius 2 is 1.93 bits per heavy atom. The van der Waals surface area contributed by atoms with E-state index in [4.69, 9.17) is 0 Å². The van der Waals surface area contributed by atoms with E-state index in [1.54, 1.807) is 17.7 Å². The SMILES string of the molecule is CB(O)N1C(=O)/C(=C/N(C)C)C[C@H]1Cc1ccc(-c2cccc(F)c2)cc1. The lowest BCUT2D eigenvalue weighted by Gasteiger charge is -2.25. The van der Waals surface area contributed by atoms with E-state index >= 15 is 0 Å². The number of nitrogens with zero attached hydrogens (tertiary/aromatic N) is 2. The van der Waals surface area contributed by atoms with Gasteiger partial charge in [-0.3, -0.25) is 4.79 Å². The first-order chi connectivity index (χ1) is 12.8. The van der Waals surface area contributed by atoms with Gasteiger partial charge in [-0.25, -0.2) is 4.39 Å². The maximum absolute atomic E-state index is 13.4. The minimum absolute atomic E-state index is 0.0799. The third-order valence-electron chi connectivity index (χ3n) is 4.76. The number of amides is 1. The molecule has 0 aliphatic carbocycles. The minimum atomic E-state index is -0.831. The van der Waals surface area contributed by atoms with Gasteiger partial charge in [0.25, 0.3) is 0 Å². The molecule has 0 aromatic heterocycles. The van der Waals surface area contributed by atoms with Crippen LogP contribution in [0.2, 0.25) is 6.82 Å². The van der Waals surface area contributed by atoms with Gasteiger partial charge in [-0.05, 0) is 48.5 Å². The average molecular weight is 366 g/mol. The fraction of sp³-hybridized carbons (Fsp3) is 0.286. The molecule has 0 radical (unpaired) electrons. The summed E-state index contributed by atoms with van der Waals surface area (Å²) < 4.78 is 13.4. The molecule has 1 N–H and O–H groups in total. The smallest absolute Gasteiger partial charge is 0.412 e. The van der Waals surface area contributed by atoms with Crippen LogP contribution in [0.4, 0.5) is 4.39 Å². The van der Waals surface area contributed by atoms with Crippen LogP contribution in [0.3, 0.4) is 0 Å². The predicted molar refractivity (Wildman–Crippen MR) is 106 cm³/mol. The van der Waals surface area contributed by atoms with Crippen LogP contribution in [0.15, 0.2) is 60.3 Å². The summed E-state index contributed by atoms with van der Waals surface area (Å²) in [5, 5.41) is 10.1. The molecule has 6 heteroatoms. The fourth-order valence-electron chi connectivity index (χ4n) is 3.61. The van der Waals surface area contributed by atoms with E-state index in [1.807, 2.05) is 55.5 Å². The van der Waals surface area contributed by atoms with Crippen LogP contribution in [-0.2, 0) is 11.2 Å². The van der Waals surface area contributed by atoms with Gasteiger partial charge in [-0.1, -0.05) is 36.4 Å². The van der Waals surface area contributed by atoms with Crippen molar-refractivity contribution in [2.75, 3.05) is 14.1 Å². The van der Waals surface area contributed by atoms with Crippen molar-refractivity contribution in [1.29, 1.82) is 0 Å². The summed E-state index contributed by atoms with van der Waals surface area (Å²) in [5.41, 5.74) is 3.56. The van der Waals surface area contributed by atoms with Gasteiger partial charge >= 0.3 is 7.05 Å². The molecule has 1 saturated heterocycles. The van der Waals surface area contributed by atoms with Crippen molar-refractivity contribution in [1.82, 2.24) is 9.71 Å². The molecule has 2 aromatic carbocycles. The lowest BCUT2D eigenvalue weighted by Crippen LogP contribution is -2.44. The summed E-state index contributed by atoms with van der Waals surface area (Å²) >= 11 is 0. The molecule has 1 heterocycles. The molecular weight excluding hydrogens is 342 g/mol. The van der Waals surface area contributed by atoms with Crippen molar-refractivity contribution in [3.63, 3.8) is 0 Å². The minimum Gasteiger partial charge on any atom is -0.432 e. The van der Waals surface area contributed by atoms with Crippen LogP contribution in [0.1, 0.15) is 12.0 Å². The summed E-state index contributed by atoms with van der Waals surface area (Å²) in [5.74, 6) is -0.367. The Morgan fingerprint density at radius 1 is 1.22 bits per heavy atom. The lowest BCUT2D eigenvalue weighted by atomic mass is 9.83. The molecule has 1 aliphatic heterocycles. The Morgan fingerprint density at radius 3 is 2.52 bits per heavy atom. The number of carbonyl (C=O) groups excluding carboxylic acids is 1. The molecule has 0 saturated carbocycles. The lowest BCUT2D eigenvalue weighted by molar-refractivity contribution is -0.122. The highest BCUT2D eigenvalue weighted by atomic mass is 19.1. The number of rotatable bonds is 5. The van der Waals surface area contributed by atoms with Crippen LogP contribution in [0.25, 0.3) is 11.1 Å². The number of benzene rings is 2. The van der Waals surface area contributed by atoms with Crippen LogP contribution >= 0.6 is 0 Å². The van der Waals surface area contributed by atoms with Gasteiger partial charge < -0.3 is 14.7 Å². The average Bonchev–Trinajstić information content (AvgIpc) is 2.90. The molecule has 27 heavy (non-hydrogen) atoms. The number of hydrogen-bond donors (Lipinski definition) is 1. The molecule has 1 amide bonds. The monoisotopic (exact) mass is 366 g/mol. The summed E-state index contributed by atoms with van der Waals surface area (Å²) in [6, 6.07) is 14.4. The zero-order valence-electron chi connectivity index (χ0n) is 15.9. The zero-order chi connectivity index (χ0) is 19.6. The molecule has 0 bridgehead atoms. The second-order valence-electron chi connectivity index (χ2n) is 7.23. The fourth-order valence-corrected chi connectivity index (χ4v) is 3.61. The van der Waals surface area contributed by atoms with Crippen molar-refractivity contribution in [3.05, 3.63) is 71.7 Å². The van der Waals surface area contributed by atoms with Gasteiger partial charge in [0, 0.05) is 31.9 Å². The van der Waals surface area contributed by atoms with Gasteiger partial charge in [0.05, 0.1) is 0 Å². The molecule has 1 fully saturated rings. The van der Waals surface area contributed by atoms with Gasteiger partial charge in [0.15, 0.2) is 0 Å². The summed E-state index contributed by atoms with van der Waals surface area (Å²) in [7, 11) is 2.93. The summed E-state index contributed by atoms with van der Waals surface area (Å²) in [6.07, 6.45) is 3.09. The van der Waals surface area contributed by atoms with Gasteiger partial charge in [0.2, 0.25) is 5.91 Å². The maximum Gasteiger partial charge on any atom is 0.412 e. The second-order valence-corrected chi connectivity index (χ2v) is 7.23. The second kappa shape index (κ2) is 7.97. The predicted octanol–water partition coefficient (Wildman–Crippen LogP) is 3.19. The molecule has 2 aromatic rings. The molecule has 3 rings (SSSR count). The normalized spacial score (nSPS) is 18.3. The third kappa shape index (κ3) is 4.39. The Kier molecular flexibility index (Phi) is 5.66. The van der Waals surface area contributed by atoms with Crippen LogP contribution < -0.4 is 0 Å². The molecular formula is C21H24BFN2O2. The van der Waals surface area contributed by atoms with E-state index in [2.05, 4.69) is 0 Å². The Hall–Kier alpha value is -2.60. The van der Waals surface area contributed by atoms with Gasteiger partial charge in [0.1, 0.15) is 5.82 Å². The van der Waals surface area contributed by atoms with Crippen molar-refractivity contribution in [2.24, 2.45) is 0 Å². The van der Waals surface area contributed by atoms with Crippen molar-refractivity contribution in [2.45, 2.75) is 25.7 Å². The van der Waals surface area contributed by atoms with Crippen molar-refractivity contribution < 1.29 is 14.2 Å². The van der Waals surface area contributed by atoms with Gasteiger partial charge in [-0.2, -0.15) is 0 Å². The van der Waals surface area contributed by atoms with E-state index < -0.39 is 7.05 Å². The highest BCUT2D eigenvalue weighted by Crippen LogP contribution is 2.28. The molecule has 1 atom stereocenters. The Balaban J connectivity index is 1.78. The van der Waals surface area contributed by atoms with Crippen molar-refractivity contribution >= 4 is 13.0 Å². The Labute approximate surface area is 160 Å². The molecule has 0 spiro atoms. The summed E-state index contributed by atoms with van der Waals surface area (Å²) in [4.78, 5) is 16.0. The maximum atomic E-state index is 13.4. The zero-order valence-corrected chi connectivity index (χ0v) is 15.9. The topological polar surface area (TPSA) is 43.8 Å². The van der Waals surface area contributed by atoms with Crippen LogP contribution in [0.5, 0.6) is 0 Å². The quantitative estimate of drug-likeness (QED) is 0.653. The third-order valence-corrected chi connectivity index (χ3v) is 4.76. The van der Waals surface area contributed by atoms with E-state index in [0.717, 1.165) is 16.7 Å². The van der Waals surface area contributed by atoms with Crippen LogP contribution in [0, 0.1) is 5.82 Å². The number of hydrogen-bond acceptors (Lipinski definition) is 3. The molecule has 140 valence electrons. The highest BCUT2D eigenvalue weighted by Gasteiger charge is 2.39. The van der Waals surface area contributed by atoms with Crippen LogP contribution in [-0.4, -0.2) is 47.8 Å². The number of carbonyl (C=O) groups is 1. The first-order valence-electron chi connectivity index (χ1n) is 9.08. The van der Waals surface area contributed by atoms with Gasteiger partial charge in [-0.15, -0.1) is 0 Å². The van der Waals surface area contributed by atoms with Crippen molar-refractivity contribution in [3.8, 4) is 11.1 Å². The molecule has 0 unspecified atom stereocenters. The van der Waals surface area contributed by atoms with E-state index in [1.165, 1.54) is 12.1 Å². The largest absolute Gasteiger partial charge is 0.432 e. The standard InChI is InChI=1S/C21H24BFN2O2/c1-22(27)25-20(13-18(21(25)26)14-24(2)3)11-15-7-9-16(10-8-15)17-5-4-6-19(23)12-17/h4-10,12,14,20,27H,11,13H2,1-3H3/b18-14+/t20-/m1/s1. The first-order valence-corrected chi connectivity index (χ1v) is 9.08. The highest BCUT2D eigenvalue weighted by molar-refractivity contribution is 6.50. The molecule has 1 aliphatic rings.